The normalized spacial score (nSPS) is 12.1. The van der Waals surface area contributed by atoms with E-state index in [9.17, 15) is 0 Å². The Bertz CT molecular complexity index is 557. The highest BCUT2D eigenvalue weighted by Gasteiger charge is 2.22. The number of nitrogens with two attached hydrogens (primary N) is 1. The van der Waals surface area contributed by atoms with Crippen LogP contribution in [-0.2, 0) is 0 Å². The maximum atomic E-state index is 5.43. The van der Waals surface area contributed by atoms with Crippen LogP contribution in [0.15, 0.2) is 18.6 Å². The number of imidazole rings is 1. The highest BCUT2D eigenvalue weighted by Crippen LogP contribution is 2.27. The molecule has 0 saturated heterocycles. The van der Waals surface area contributed by atoms with E-state index in [1.165, 1.54) is 0 Å². The number of hydrogen-bond donors (Lipinski definition) is 3. The minimum atomic E-state index is 0.178. The number of nitrogen functional groups attached to an aromatic ring is 1. The van der Waals surface area contributed by atoms with Crippen LogP contribution in [0.3, 0.4) is 0 Å². The molecule has 0 aromatic carbocycles. The second-order valence-corrected chi connectivity index (χ2v) is 5.77. The first kappa shape index (κ1) is 13.6. The van der Waals surface area contributed by atoms with Crippen LogP contribution in [0.1, 0.15) is 27.7 Å². The van der Waals surface area contributed by atoms with Crippen molar-refractivity contribution >= 4 is 17.3 Å². The van der Waals surface area contributed by atoms with Crippen LogP contribution in [-0.4, -0.2) is 20.9 Å². The SMILES string of the molecule is CC(C)C(C)(C)CNc1nc(NN)cn2ccnc12. The van der Waals surface area contributed by atoms with Crippen LogP contribution < -0.4 is 16.6 Å². The van der Waals surface area contributed by atoms with Crippen LogP contribution in [0, 0.1) is 11.3 Å². The van der Waals surface area contributed by atoms with E-state index in [0.717, 1.165) is 18.0 Å². The van der Waals surface area contributed by atoms with Crippen molar-refractivity contribution in [3.05, 3.63) is 18.6 Å². The molecule has 104 valence electrons. The standard InChI is InChI=1S/C13H22N6/c1-9(2)13(3,4)8-16-11-12-15-5-6-19(12)7-10(17-11)18-14/h5-7,9,18H,8,14H2,1-4H3,(H,16,17). The molecule has 2 heterocycles. The Morgan fingerprint density at radius 1 is 1.42 bits per heavy atom. The van der Waals surface area contributed by atoms with E-state index < -0.39 is 0 Å². The van der Waals surface area contributed by atoms with Crippen molar-refractivity contribution in [1.82, 2.24) is 14.4 Å². The van der Waals surface area contributed by atoms with Gasteiger partial charge in [0.25, 0.3) is 0 Å². The van der Waals surface area contributed by atoms with Gasteiger partial charge in [-0.15, -0.1) is 0 Å². The van der Waals surface area contributed by atoms with Crippen molar-refractivity contribution in [3.8, 4) is 0 Å². The summed E-state index contributed by atoms with van der Waals surface area (Å²) in [5, 5.41) is 3.38. The molecule has 0 radical (unpaired) electrons. The van der Waals surface area contributed by atoms with Gasteiger partial charge in [0.15, 0.2) is 17.3 Å². The zero-order valence-electron chi connectivity index (χ0n) is 11.9. The molecule has 0 unspecified atom stereocenters. The molecular formula is C13H22N6. The van der Waals surface area contributed by atoms with Gasteiger partial charge in [-0.1, -0.05) is 27.7 Å². The van der Waals surface area contributed by atoms with Gasteiger partial charge in [-0.3, -0.25) is 0 Å². The summed E-state index contributed by atoms with van der Waals surface area (Å²) in [6.07, 6.45) is 5.42. The summed E-state index contributed by atoms with van der Waals surface area (Å²) in [4.78, 5) is 8.73. The van der Waals surface area contributed by atoms with Crippen LogP contribution in [0.25, 0.3) is 5.65 Å². The summed E-state index contributed by atoms with van der Waals surface area (Å²) in [5.41, 5.74) is 3.55. The third-order valence-corrected chi connectivity index (χ3v) is 3.80. The molecule has 19 heavy (non-hydrogen) atoms. The van der Waals surface area contributed by atoms with Gasteiger partial charge in [0.1, 0.15) is 0 Å². The van der Waals surface area contributed by atoms with E-state index in [1.807, 2.05) is 10.6 Å². The van der Waals surface area contributed by atoms with Crippen molar-refractivity contribution in [1.29, 1.82) is 0 Å². The number of anilines is 2. The van der Waals surface area contributed by atoms with Crippen LogP contribution in [0.5, 0.6) is 0 Å². The average molecular weight is 262 g/mol. The molecule has 0 aliphatic carbocycles. The molecule has 4 N–H and O–H groups in total. The first-order chi connectivity index (χ1) is 8.94. The van der Waals surface area contributed by atoms with Gasteiger partial charge >= 0.3 is 0 Å². The Hall–Kier alpha value is -1.82. The third-order valence-electron chi connectivity index (χ3n) is 3.80. The summed E-state index contributed by atoms with van der Waals surface area (Å²) in [6.45, 7) is 9.74. The number of nitrogens with zero attached hydrogens (tertiary/aromatic N) is 3. The van der Waals surface area contributed by atoms with Gasteiger partial charge in [0.2, 0.25) is 0 Å². The summed E-state index contributed by atoms with van der Waals surface area (Å²) in [6, 6.07) is 0. The summed E-state index contributed by atoms with van der Waals surface area (Å²) in [7, 11) is 0. The summed E-state index contributed by atoms with van der Waals surface area (Å²) in [5.74, 6) is 7.36. The topological polar surface area (TPSA) is 80.3 Å². The van der Waals surface area contributed by atoms with E-state index in [0.29, 0.717) is 11.7 Å². The molecule has 0 bridgehead atoms. The van der Waals surface area contributed by atoms with E-state index in [-0.39, 0.29) is 5.41 Å². The lowest BCUT2D eigenvalue weighted by Crippen LogP contribution is -2.29. The number of hydrazine groups is 1. The summed E-state index contributed by atoms with van der Waals surface area (Å²) >= 11 is 0. The average Bonchev–Trinajstić information content (AvgIpc) is 2.83. The zero-order chi connectivity index (χ0) is 14.0. The largest absolute Gasteiger partial charge is 0.366 e. The van der Waals surface area contributed by atoms with E-state index in [2.05, 4.69) is 48.4 Å². The summed E-state index contributed by atoms with van der Waals surface area (Å²) < 4.78 is 1.90. The van der Waals surface area contributed by atoms with Crippen LogP contribution in [0.4, 0.5) is 11.6 Å². The van der Waals surface area contributed by atoms with Crippen molar-refractivity contribution in [2.24, 2.45) is 17.2 Å². The van der Waals surface area contributed by atoms with Gasteiger partial charge in [0, 0.05) is 18.9 Å². The molecule has 2 rings (SSSR count). The quantitative estimate of drug-likeness (QED) is 0.568. The molecule has 6 nitrogen and oxygen atoms in total. The lowest BCUT2D eigenvalue weighted by Gasteiger charge is -2.29. The molecule has 2 aromatic heterocycles. The molecule has 0 atom stereocenters. The third kappa shape index (κ3) is 2.78. The second kappa shape index (κ2) is 5.05. The van der Waals surface area contributed by atoms with Crippen molar-refractivity contribution in [2.45, 2.75) is 27.7 Å². The highest BCUT2D eigenvalue weighted by molar-refractivity contribution is 5.65. The maximum absolute atomic E-state index is 5.43. The molecule has 0 aliphatic rings. The molecule has 6 heteroatoms. The number of aromatic nitrogens is 3. The molecule has 0 saturated carbocycles. The Morgan fingerprint density at radius 2 is 2.16 bits per heavy atom. The molecular weight excluding hydrogens is 240 g/mol. The molecule has 0 spiro atoms. The fourth-order valence-corrected chi connectivity index (χ4v) is 1.64. The van der Waals surface area contributed by atoms with Gasteiger partial charge in [-0.25, -0.2) is 15.8 Å². The van der Waals surface area contributed by atoms with Gasteiger partial charge < -0.3 is 15.1 Å². The molecule has 0 amide bonds. The number of hydrogen-bond acceptors (Lipinski definition) is 5. The van der Waals surface area contributed by atoms with Gasteiger partial charge in [-0.05, 0) is 11.3 Å². The lowest BCUT2D eigenvalue weighted by molar-refractivity contribution is 0.269. The Labute approximate surface area is 113 Å². The first-order valence-electron chi connectivity index (χ1n) is 6.48. The van der Waals surface area contributed by atoms with Crippen molar-refractivity contribution < 1.29 is 0 Å². The van der Waals surface area contributed by atoms with Crippen molar-refractivity contribution in [2.75, 3.05) is 17.3 Å². The van der Waals surface area contributed by atoms with E-state index >= 15 is 0 Å². The Balaban J connectivity index is 2.27. The van der Waals surface area contributed by atoms with Crippen LogP contribution in [0.2, 0.25) is 0 Å². The van der Waals surface area contributed by atoms with Crippen LogP contribution >= 0.6 is 0 Å². The first-order valence-corrected chi connectivity index (χ1v) is 6.48. The van der Waals surface area contributed by atoms with E-state index in [4.69, 9.17) is 5.84 Å². The highest BCUT2D eigenvalue weighted by atomic mass is 15.3. The second-order valence-electron chi connectivity index (χ2n) is 5.77. The predicted octanol–water partition coefficient (Wildman–Crippen LogP) is 2.11. The number of nitrogens with one attached hydrogen (secondary N) is 2. The molecule has 0 fully saturated rings. The van der Waals surface area contributed by atoms with E-state index in [1.54, 1.807) is 12.4 Å². The minimum absolute atomic E-state index is 0.178. The fourth-order valence-electron chi connectivity index (χ4n) is 1.64. The van der Waals surface area contributed by atoms with Gasteiger partial charge in [-0.2, -0.15) is 0 Å². The molecule has 2 aromatic rings. The van der Waals surface area contributed by atoms with Crippen molar-refractivity contribution in [3.63, 3.8) is 0 Å². The maximum Gasteiger partial charge on any atom is 0.180 e. The Morgan fingerprint density at radius 3 is 2.79 bits per heavy atom. The smallest absolute Gasteiger partial charge is 0.180 e. The minimum Gasteiger partial charge on any atom is -0.366 e. The monoisotopic (exact) mass is 262 g/mol. The fraction of sp³-hybridized carbons (Fsp3) is 0.538. The lowest BCUT2D eigenvalue weighted by atomic mass is 9.81. The molecule has 0 aliphatic heterocycles. The Kier molecular flexibility index (Phi) is 3.61. The number of fused-ring (bicyclic) bond motifs is 1. The predicted molar refractivity (Wildman–Crippen MR) is 77.9 cm³/mol. The zero-order valence-corrected chi connectivity index (χ0v) is 11.9. The van der Waals surface area contributed by atoms with Gasteiger partial charge in [0.05, 0.1) is 6.20 Å². The number of rotatable bonds is 5.